The van der Waals surface area contributed by atoms with Gasteiger partial charge in [-0.2, -0.15) is 0 Å². The van der Waals surface area contributed by atoms with Gasteiger partial charge in [-0.05, 0) is 24.3 Å². The maximum atomic E-state index is 10.9. The summed E-state index contributed by atoms with van der Waals surface area (Å²) < 4.78 is 27.1. The van der Waals surface area contributed by atoms with Crippen molar-refractivity contribution in [2.24, 2.45) is 0 Å². The molecule has 0 bridgehead atoms. The van der Waals surface area contributed by atoms with Gasteiger partial charge in [-0.15, -0.1) is 0 Å². The number of hydrogen-bond acceptors (Lipinski definition) is 3. The molecule has 0 aliphatic heterocycles. The molecule has 1 aromatic rings. The van der Waals surface area contributed by atoms with Crippen LogP contribution in [0.3, 0.4) is 0 Å². The first-order chi connectivity index (χ1) is 7.43. The van der Waals surface area contributed by atoms with E-state index in [9.17, 15) is 8.42 Å². The SMILES string of the molecule is O=S(=O)(Cl)c1ccc(OC/C(Cl)=C\Cl)cc1. The lowest BCUT2D eigenvalue weighted by Gasteiger charge is -2.04. The molecule has 0 amide bonds. The topological polar surface area (TPSA) is 43.4 Å². The summed E-state index contributed by atoms with van der Waals surface area (Å²) in [7, 11) is 1.45. The van der Waals surface area contributed by atoms with E-state index in [1.165, 1.54) is 29.8 Å². The standard InChI is InChI=1S/C9H7Cl3O3S/c10-5-7(11)6-15-8-1-3-9(4-2-8)16(12,13)14/h1-5H,6H2/b7-5+. The molecule has 88 valence electrons. The molecule has 0 heterocycles. The van der Waals surface area contributed by atoms with Crippen molar-refractivity contribution in [3.05, 3.63) is 34.8 Å². The fourth-order valence-corrected chi connectivity index (χ4v) is 1.77. The Kier molecular flexibility index (Phi) is 4.92. The Morgan fingerprint density at radius 2 is 1.88 bits per heavy atom. The Balaban J connectivity index is 2.73. The third-order valence-corrected chi connectivity index (χ3v) is 3.56. The van der Waals surface area contributed by atoms with E-state index < -0.39 is 9.05 Å². The van der Waals surface area contributed by atoms with Gasteiger partial charge < -0.3 is 4.74 Å². The Morgan fingerprint density at radius 3 is 2.31 bits per heavy atom. The monoisotopic (exact) mass is 300 g/mol. The van der Waals surface area contributed by atoms with Gasteiger partial charge in [-0.1, -0.05) is 23.2 Å². The lowest BCUT2D eigenvalue weighted by molar-refractivity contribution is 0.359. The molecule has 0 spiro atoms. The predicted molar refractivity (Wildman–Crippen MR) is 64.8 cm³/mol. The van der Waals surface area contributed by atoms with Crippen LogP contribution in [-0.2, 0) is 9.05 Å². The molecule has 7 heteroatoms. The summed E-state index contributed by atoms with van der Waals surface area (Å²) in [4.78, 5) is 0.0144. The van der Waals surface area contributed by atoms with Crippen LogP contribution >= 0.6 is 33.9 Å². The van der Waals surface area contributed by atoms with Crippen LogP contribution in [0.2, 0.25) is 0 Å². The molecule has 0 unspecified atom stereocenters. The normalized spacial score (nSPS) is 12.6. The van der Waals surface area contributed by atoms with Crippen molar-refractivity contribution < 1.29 is 13.2 Å². The molecular weight excluding hydrogens is 295 g/mol. The van der Waals surface area contributed by atoms with Crippen molar-refractivity contribution in [1.82, 2.24) is 0 Å². The van der Waals surface area contributed by atoms with Crippen LogP contribution in [0.15, 0.2) is 39.7 Å². The minimum Gasteiger partial charge on any atom is -0.488 e. The maximum absolute atomic E-state index is 10.9. The highest BCUT2D eigenvalue weighted by atomic mass is 35.7. The average Bonchev–Trinajstić information content (AvgIpc) is 2.25. The molecule has 3 nitrogen and oxygen atoms in total. The highest BCUT2D eigenvalue weighted by Crippen LogP contribution is 2.19. The van der Waals surface area contributed by atoms with Gasteiger partial charge in [-0.3, -0.25) is 0 Å². The molecule has 0 N–H and O–H groups in total. The van der Waals surface area contributed by atoms with Gasteiger partial charge in [0.1, 0.15) is 12.4 Å². The minimum absolute atomic E-state index is 0.0144. The quantitative estimate of drug-likeness (QED) is 0.801. The van der Waals surface area contributed by atoms with E-state index in [1.807, 2.05) is 0 Å². The van der Waals surface area contributed by atoms with Gasteiger partial charge in [0.15, 0.2) is 0 Å². The zero-order valence-electron chi connectivity index (χ0n) is 7.86. The zero-order chi connectivity index (χ0) is 12.2. The largest absolute Gasteiger partial charge is 0.488 e. The zero-order valence-corrected chi connectivity index (χ0v) is 10.9. The van der Waals surface area contributed by atoms with Crippen LogP contribution in [0.4, 0.5) is 0 Å². The number of hydrogen-bond donors (Lipinski definition) is 0. The maximum Gasteiger partial charge on any atom is 0.261 e. The van der Waals surface area contributed by atoms with Crippen molar-refractivity contribution in [2.75, 3.05) is 6.61 Å². The van der Waals surface area contributed by atoms with E-state index in [0.29, 0.717) is 10.8 Å². The molecule has 0 saturated heterocycles. The molecule has 0 aromatic heterocycles. The highest BCUT2D eigenvalue weighted by Gasteiger charge is 2.09. The predicted octanol–water partition coefficient (Wildman–Crippen LogP) is 3.31. The van der Waals surface area contributed by atoms with E-state index in [-0.39, 0.29) is 11.5 Å². The Morgan fingerprint density at radius 1 is 1.31 bits per heavy atom. The van der Waals surface area contributed by atoms with Crippen LogP contribution in [0.1, 0.15) is 0 Å². The highest BCUT2D eigenvalue weighted by molar-refractivity contribution is 8.13. The summed E-state index contributed by atoms with van der Waals surface area (Å²) >= 11 is 10.9. The van der Waals surface area contributed by atoms with Crippen LogP contribution < -0.4 is 4.74 Å². The third-order valence-electron chi connectivity index (χ3n) is 1.60. The van der Waals surface area contributed by atoms with Crippen LogP contribution in [0.5, 0.6) is 5.75 Å². The number of rotatable bonds is 4. The van der Waals surface area contributed by atoms with Gasteiger partial charge in [-0.25, -0.2) is 8.42 Å². The molecule has 16 heavy (non-hydrogen) atoms. The number of ether oxygens (including phenoxy) is 1. The van der Waals surface area contributed by atoms with Gasteiger partial charge in [0, 0.05) is 16.2 Å². The van der Waals surface area contributed by atoms with Crippen LogP contribution in [0, 0.1) is 0 Å². The van der Waals surface area contributed by atoms with Crippen molar-refractivity contribution in [1.29, 1.82) is 0 Å². The van der Waals surface area contributed by atoms with Gasteiger partial charge in [0.05, 0.1) is 9.93 Å². The molecule has 1 rings (SSSR count). The molecule has 1 aromatic carbocycles. The second-order valence-corrected chi connectivity index (χ2v) is 6.02. The fourth-order valence-electron chi connectivity index (χ4n) is 0.882. The minimum atomic E-state index is -3.70. The first-order valence-corrected chi connectivity index (χ1v) is 7.18. The second kappa shape index (κ2) is 5.77. The van der Waals surface area contributed by atoms with E-state index in [2.05, 4.69) is 0 Å². The van der Waals surface area contributed by atoms with Crippen molar-refractivity contribution >= 4 is 42.9 Å². The summed E-state index contributed by atoms with van der Waals surface area (Å²) in [6.45, 7) is 0.123. The van der Waals surface area contributed by atoms with Crippen molar-refractivity contribution in [2.45, 2.75) is 4.90 Å². The van der Waals surface area contributed by atoms with E-state index in [0.717, 1.165) is 0 Å². The average molecular weight is 302 g/mol. The summed E-state index contributed by atoms with van der Waals surface area (Å²) in [5.41, 5.74) is 1.19. The second-order valence-electron chi connectivity index (χ2n) is 2.75. The fraction of sp³-hybridized carbons (Fsp3) is 0.111. The van der Waals surface area contributed by atoms with Crippen molar-refractivity contribution in [3.63, 3.8) is 0 Å². The first kappa shape index (κ1) is 13.6. The van der Waals surface area contributed by atoms with Crippen LogP contribution in [-0.4, -0.2) is 15.0 Å². The summed E-state index contributed by atoms with van der Waals surface area (Å²) in [5.74, 6) is 0.473. The lowest BCUT2D eigenvalue weighted by atomic mass is 10.3. The molecule has 0 atom stereocenters. The smallest absolute Gasteiger partial charge is 0.261 e. The Bertz CT molecular complexity index is 479. The molecular formula is C9H7Cl3O3S. The molecule has 0 saturated carbocycles. The summed E-state index contributed by atoms with van der Waals surface area (Å²) in [6.07, 6.45) is 0. The molecule has 0 radical (unpaired) electrons. The summed E-state index contributed by atoms with van der Waals surface area (Å²) in [6, 6.07) is 5.65. The number of benzene rings is 1. The Hall–Kier alpha value is -0.420. The molecule has 0 aliphatic rings. The van der Waals surface area contributed by atoms with Gasteiger partial charge >= 0.3 is 0 Å². The van der Waals surface area contributed by atoms with Gasteiger partial charge in [0.2, 0.25) is 0 Å². The van der Waals surface area contributed by atoms with E-state index >= 15 is 0 Å². The third kappa shape index (κ3) is 4.22. The molecule has 0 aliphatic carbocycles. The van der Waals surface area contributed by atoms with Gasteiger partial charge in [0.25, 0.3) is 9.05 Å². The Labute approximate surface area is 108 Å². The van der Waals surface area contributed by atoms with Crippen LogP contribution in [0.25, 0.3) is 0 Å². The van der Waals surface area contributed by atoms with E-state index in [4.69, 9.17) is 38.6 Å². The molecule has 0 fully saturated rings. The lowest BCUT2D eigenvalue weighted by Crippen LogP contribution is -1.97. The summed E-state index contributed by atoms with van der Waals surface area (Å²) in [5, 5.41) is 0.343. The van der Waals surface area contributed by atoms with Crippen molar-refractivity contribution in [3.8, 4) is 5.75 Å². The van der Waals surface area contributed by atoms with E-state index in [1.54, 1.807) is 0 Å². The number of halogens is 3. The first-order valence-electron chi connectivity index (χ1n) is 4.06.